The Hall–Kier alpha value is 0.340. The van der Waals surface area contributed by atoms with Crippen molar-refractivity contribution >= 4 is 48.9 Å². The summed E-state index contributed by atoms with van der Waals surface area (Å²) in [6.45, 7) is 4.25. The van der Waals surface area contributed by atoms with Gasteiger partial charge in [0.1, 0.15) is 4.21 Å². The highest BCUT2D eigenvalue weighted by Crippen LogP contribution is 2.36. The molecule has 0 spiro atoms. The van der Waals surface area contributed by atoms with Crippen LogP contribution in [0.4, 0.5) is 0 Å². The summed E-state index contributed by atoms with van der Waals surface area (Å²) in [7, 11) is -3.40. The molecule has 0 unspecified atom stereocenters. The lowest BCUT2D eigenvalue weighted by atomic mass is 10.1. The second kappa shape index (κ2) is 7.07. The third-order valence-electron chi connectivity index (χ3n) is 3.35. The smallest absolute Gasteiger partial charge is 0.252 e. The van der Waals surface area contributed by atoms with Crippen LogP contribution in [0, 0.1) is 0 Å². The first-order valence-electron chi connectivity index (χ1n) is 6.63. The number of hydrogen-bond acceptors (Lipinski definition) is 4. The molecule has 1 N–H and O–H groups in total. The van der Waals surface area contributed by atoms with Gasteiger partial charge in [-0.2, -0.15) is 4.31 Å². The maximum atomic E-state index is 12.5. The number of hydrogen-bond donors (Lipinski definition) is 1. The molecule has 1 aliphatic heterocycles. The summed E-state index contributed by atoms with van der Waals surface area (Å²) in [5.74, 6) is 0. The standard InChI is InChI=1S/C12H18BrClN2O2S2/c1-2-5-15-9-3-6-16(7-4-9)20(17,18)11-8-10(14)12(13)19-11/h8-9,15H,2-7H2,1H3. The fourth-order valence-corrected chi connectivity index (χ4v) is 6.25. The predicted molar refractivity (Wildman–Crippen MR) is 87.1 cm³/mol. The molecule has 0 atom stereocenters. The van der Waals surface area contributed by atoms with Crippen molar-refractivity contribution in [3.63, 3.8) is 0 Å². The molecule has 1 fully saturated rings. The van der Waals surface area contributed by atoms with Crippen LogP contribution in [0.25, 0.3) is 0 Å². The predicted octanol–water partition coefficient (Wildman–Crippen LogP) is 3.32. The molecule has 0 radical (unpaired) electrons. The van der Waals surface area contributed by atoms with E-state index in [1.54, 1.807) is 4.31 Å². The van der Waals surface area contributed by atoms with Crippen molar-refractivity contribution in [3.8, 4) is 0 Å². The third-order valence-corrected chi connectivity index (χ3v) is 8.18. The van der Waals surface area contributed by atoms with E-state index in [0.717, 1.165) is 25.8 Å². The van der Waals surface area contributed by atoms with Gasteiger partial charge in [0.2, 0.25) is 0 Å². The Morgan fingerprint density at radius 2 is 2.15 bits per heavy atom. The summed E-state index contributed by atoms with van der Waals surface area (Å²) in [5.41, 5.74) is 0. The monoisotopic (exact) mass is 400 g/mol. The molecule has 2 rings (SSSR count). The zero-order valence-electron chi connectivity index (χ0n) is 11.2. The van der Waals surface area contributed by atoms with E-state index >= 15 is 0 Å². The molecule has 114 valence electrons. The summed E-state index contributed by atoms with van der Waals surface area (Å²) >= 11 is 10.4. The van der Waals surface area contributed by atoms with Gasteiger partial charge in [-0.25, -0.2) is 8.42 Å². The lowest BCUT2D eigenvalue weighted by molar-refractivity contribution is 0.290. The lowest BCUT2D eigenvalue weighted by Crippen LogP contribution is -2.44. The van der Waals surface area contributed by atoms with Gasteiger partial charge >= 0.3 is 0 Å². The number of halogens is 2. The third kappa shape index (κ3) is 3.75. The minimum absolute atomic E-state index is 0.314. The van der Waals surface area contributed by atoms with Crippen LogP contribution in [-0.2, 0) is 10.0 Å². The molecule has 0 amide bonds. The summed E-state index contributed by atoms with van der Waals surface area (Å²) in [6, 6.07) is 1.95. The van der Waals surface area contributed by atoms with Crippen LogP contribution in [-0.4, -0.2) is 38.4 Å². The van der Waals surface area contributed by atoms with Crippen LogP contribution >= 0.6 is 38.9 Å². The summed E-state index contributed by atoms with van der Waals surface area (Å²) < 4.78 is 27.6. The Bertz CT molecular complexity index is 534. The highest BCUT2D eigenvalue weighted by atomic mass is 79.9. The Morgan fingerprint density at radius 1 is 1.50 bits per heavy atom. The van der Waals surface area contributed by atoms with E-state index in [2.05, 4.69) is 28.2 Å². The van der Waals surface area contributed by atoms with Crippen molar-refractivity contribution in [2.45, 2.75) is 36.4 Å². The molecule has 20 heavy (non-hydrogen) atoms. The Labute approximate surface area is 137 Å². The van der Waals surface area contributed by atoms with E-state index in [1.165, 1.54) is 17.4 Å². The molecular weight excluding hydrogens is 384 g/mol. The molecular formula is C12H18BrClN2O2S2. The Morgan fingerprint density at radius 3 is 2.65 bits per heavy atom. The van der Waals surface area contributed by atoms with E-state index in [1.807, 2.05) is 0 Å². The van der Waals surface area contributed by atoms with Crippen molar-refractivity contribution in [3.05, 3.63) is 14.9 Å². The van der Waals surface area contributed by atoms with Crippen LogP contribution < -0.4 is 5.32 Å². The van der Waals surface area contributed by atoms with Crippen LogP contribution in [0.5, 0.6) is 0 Å². The minimum Gasteiger partial charge on any atom is -0.314 e. The van der Waals surface area contributed by atoms with Gasteiger partial charge in [0.15, 0.2) is 0 Å². The van der Waals surface area contributed by atoms with Gasteiger partial charge in [0.05, 0.1) is 8.81 Å². The second-order valence-electron chi connectivity index (χ2n) is 4.82. The summed E-state index contributed by atoms with van der Waals surface area (Å²) in [6.07, 6.45) is 2.82. The van der Waals surface area contributed by atoms with Crippen LogP contribution in [0.1, 0.15) is 26.2 Å². The molecule has 1 aromatic rings. The molecule has 1 saturated heterocycles. The Balaban J connectivity index is 2.02. The Kier molecular flexibility index (Phi) is 5.90. The first kappa shape index (κ1) is 16.7. The van der Waals surface area contributed by atoms with Crippen LogP contribution in [0.3, 0.4) is 0 Å². The lowest BCUT2D eigenvalue weighted by Gasteiger charge is -2.31. The molecule has 4 nitrogen and oxygen atoms in total. The average molecular weight is 402 g/mol. The molecule has 1 aromatic heterocycles. The molecule has 8 heteroatoms. The minimum atomic E-state index is -3.40. The van der Waals surface area contributed by atoms with Gasteiger partial charge in [-0.3, -0.25) is 0 Å². The van der Waals surface area contributed by atoms with Crippen molar-refractivity contribution in [1.82, 2.24) is 9.62 Å². The molecule has 0 bridgehead atoms. The van der Waals surface area contributed by atoms with Gasteiger partial charge in [-0.15, -0.1) is 11.3 Å². The van der Waals surface area contributed by atoms with E-state index in [4.69, 9.17) is 11.6 Å². The zero-order chi connectivity index (χ0) is 14.8. The van der Waals surface area contributed by atoms with Gasteiger partial charge in [0, 0.05) is 19.1 Å². The quantitative estimate of drug-likeness (QED) is 0.823. The zero-order valence-corrected chi connectivity index (χ0v) is 15.2. The molecule has 0 saturated carbocycles. The van der Waals surface area contributed by atoms with Gasteiger partial charge in [-0.1, -0.05) is 18.5 Å². The number of piperidine rings is 1. The average Bonchev–Trinajstić information content (AvgIpc) is 2.77. The number of nitrogens with one attached hydrogen (secondary N) is 1. The first-order chi connectivity index (χ1) is 9.45. The highest BCUT2D eigenvalue weighted by molar-refractivity contribution is 9.11. The number of thiophene rings is 1. The summed E-state index contributed by atoms with van der Waals surface area (Å²) in [5, 5.41) is 3.90. The molecule has 2 heterocycles. The first-order valence-corrected chi connectivity index (χ1v) is 10.1. The molecule has 0 aromatic carbocycles. The molecule has 0 aliphatic carbocycles. The van der Waals surface area contributed by atoms with Crippen LogP contribution in [0.2, 0.25) is 5.02 Å². The molecule has 1 aliphatic rings. The van der Waals surface area contributed by atoms with E-state index in [0.29, 0.717) is 32.1 Å². The van der Waals surface area contributed by atoms with Crippen LogP contribution in [0.15, 0.2) is 14.1 Å². The van der Waals surface area contributed by atoms with E-state index in [-0.39, 0.29) is 0 Å². The topological polar surface area (TPSA) is 49.4 Å². The van der Waals surface area contributed by atoms with E-state index in [9.17, 15) is 8.42 Å². The second-order valence-corrected chi connectivity index (χ2v) is 9.76. The maximum Gasteiger partial charge on any atom is 0.252 e. The van der Waals surface area contributed by atoms with Crippen molar-refractivity contribution in [1.29, 1.82) is 0 Å². The fourth-order valence-electron chi connectivity index (χ4n) is 2.23. The normalized spacial score (nSPS) is 18.6. The maximum absolute atomic E-state index is 12.5. The number of nitrogens with zero attached hydrogens (tertiary/aromatic N) is 1. The van der Waals surface area contributed by atoms with Crippen molar-refractivity contribution in [2.24, 2.45) is 0 Å². The van der Waals surface area contributed by atoms with Gasteiger partial charge in [-0.05, 0) is 47.8 Å². The number of rotatable bonds is 5. The van der Waals surface area contributed by atoms with Gasteiger partial charge in [0.25, 0.3) is 10.0 Å². The highest BCUT2D eigenvalue weighted by Gasteiger charge is 2.30. The number of sulfonamides is 1. The van der Waals surface area contributed by atoms with Crippen molar-refractivity contribution < 1.29 is 8.42 Å². The fraction of sp³-hybridized carbons (Fsp3) is 0.667. The largest absolute Gasteiger partial charge is 0.314 e. The van der Waals surface area contributed by atoms with E-state index < -0.39 is 10.0 Å². The van der Waals surface area contributed by atoms with Crippen molar-refractivity contribution in [2.75, 3.05) is 19.6 Å². The summed E-state index contributed by atoms with van der Waals surface area (Å²) in [4.78, 5) is 0. The SMILES string of the molecule is CCCNC1CCN(S(=O)(=O)c2cc(Cl)c(Br)s2)CC1. The van der Waals surface area contributed by atoms with Gasteiger partial charge < -0.3 is 5.32 Å².